The number of nitro groups is 1. The predicted molar refractivity (Wildman–Crippen MR) is 70.5 cm³/mol. The number of hydrogen-bond donors (Lipinski definition) is 0. The molecule has 0 N–H and O–H groups in total. The second-order valence-corrected chi connectivity index (χ2v) is 4.18. The van der Waals surface area contributed by atoms with E-state index >= 15 is 0 Å². The molecule has 2 aromatic rings. The molecule has 0 unspecified atom stereocenters. The maximum Gasteiger partial charge on any atom is 0.207 e. The summed E-state index contributed by atoms with van der Waals surface area (Å²) in [6.07, 6.45) is 1.83. The van der Waals surface area contributed by atoms with Gasteiger partial charge in [0.2, 0.25) is 6.54 Å². The van der Waals surface area contributed by atoms with Crippen molar-refractivity contribution in [2.75, 3.05) is 6.54 Å². The zero-order valence-electron chi connectivity index (χ0n) is 10.7. The molecule has 104 valence electrons. The first-order valence-corrected chi connectivity index (χ1v) is 6.08. The van der Waals surface area contributed by atoms with Gasteiger partial charge in [-0.25, -0.2) is 4.39 Å². The minimum atomic E-state index is -0.526. The standard InChI is InChI=1S/C14H13FN2O3/c15-13-9-11(6-8-17(18)19)4-5-14(13)20-10-12-3-1-2-7-16-12/h1-5,7,9H,6,8,10H2. The summed E-state index contributed by atoms with van der Waals surface area (Å²) in [4.78, 5) is 13.9. The minimum Gasteiger partial charge on any atom is -0.484 e. The van der Waals surface area contributed by atoms with E-state index in [1.165, 1.54) is 12.1 Å². The third-order valence-electron chi connectivity index (χ3n) is 2.68. The monoisotopic (exact) mass is 276 g/mol. The SMILES string of the molecule is O=[N+]([O-])CCc1ccc(OCc2ccccn2)c(F)c1. The van der Waals surface area contributed by atoms with E-state index in [1.54, 1.807) is 24.4 Å². The summed E-state index contributed by atoms with van der Waals surface area (Å²) in [5, 5.41) is 10.3. The second-order valence-electron chi connectivity index (χ2n) is 4.18. The molecule has 0 fully saturated rings. The molecule has 0 saturated carbocycles. The molecular formula is C14H13FN2O3. The van der Waals surface area contributed by atoms with Crippen molar-refractivity contribution in [1.82, 2.24) is 4.98 Å². The topological polar surface area (TPSA) is 65.3 Å². The van der Waals surface area contributed by atoms with E-state index in [0.29, 0.717) is 11.3 Å². The van der Waals surface area contributed by atoms with Crippen molar-refractivity contribution in [2.24, 2.45) is 0 Å². The highest BCUT2D eigenvalue weighted by molar-refractivity contribution is 5.29. The zero-order chi connectivity index (χ0) is 14.4. The van der Waals surface area contributed by atoms with Crippen molar-refractivity contribution in [2.45, 2.75) is 13.0 Å². The summed E-state index contributed by atoms with van der Waals surface area (Å²) in [6, 6.07) is 9.76. The second kappa shape index (κ2) is 6.60. The summed E-state index contributed by atoms with van der Waals surface area (Å²) in [7, 11) is 0. The quantitative estimate of drug-likeness (QED) is 0.601. The molecule has 0 atom stereocenters. The molecule has 0 aliphatic heterocycles. The Bertz CT molecular complexity index is 590. The van der Waals surface area contributed by atoms with Crippen molar-refractivity contribution < 1.29 is 14.1 Å². The van der Waals surface area contributed by atoms with Gasteiger partial charge in [0, 0.05) is 17.5 Å². The van der Waals surface area contributed by atoms with Crippen LogP contribution in [-0.2, 0) is 13.0 Å². The molecule has 0 aliphatic rings. The third kappa shape index (κ3) is 4.01. The van der Waals surface area contributed by atoms with Gasteiger partial charge in [-0.3, -0.25) is 15.1 Å². The lowest BCUT2D eigenvalue weighted by Crippen LogP contribution is -2.05. The van der Waals surface area contributed by atoms with Gasteiger partial charge in [0.05, 0.1) is 5.69 Å². The van der Waals surface area contributed by atoms with Crippen molar-refractivity contribution in [3.63, 3.8) is 0 Å². The van der Waals surface area contributed by atoms with Crippen molar-refractivity contribution in [3.05, 3.63) is 69.8 Å². The predicted octanol–water partition coefficient (Wildman–Crippen LogP) is 2.62. The average molecular weight is 276 g/mol. The Labute approximate surface area is 115 Å². The molecule has 20 heavy (non-hydrogen) atoms. The molecule has 0 radical (unpaired) electrons. The number of halogens is 1. The fraction of sp³-hybridized carbons (Fsp3) is 0.214. The number of hydrogen-bond acceptors (Lipinski definition) is 4. The molecule has 0 bridgehead atoms. The van der Waals surface area contributed by atoms with Gasteiger partial charge in [-0.15, -0.1) is 0 Å². The Morgan fingerprint density at radius 3 is 2.80 bits per heavy atom. The zero-order valence-corrected chi connectivity index (χ0v) is 10.7. The van der Waals surface area contributed by atoms with Gasteiger partial charge in [-0.1, -0.05) is 12.1 Å². The number of ether oxygens (including phenoxy) is 1. The fourth-order valence-electron chi connectivity index (χ4n) is 1.67. The highest BCUT2D eigenvalue weighted by atomic mass is 19.1. The molecule has 5 nitrogen and oxygen atoms in total. The smallest absolute Gasteiger partial charge is 0.207 e. The van der Waals surface area contributed by atoms with Gasteiger partial charge in [-0.05, 0) is 29.8 Å². The molecule has 0 saturated heterocycles. The number of rotatable bonds is 6. The van der Waals surface area contributed by atoms with Crippen molar-refractivity contribution in [1.29, 1.82) is 0 Å². The van der Waals surface area contributed by atoms with Crippen LogP contribution in [0.2, 0.25) is 0 Å². The van der Waals surface area contributed by atoms with Crippen LogP contribution >= 0.6 is 0 Å². The van der Waals surface area contributed by atoms with E-state index < -0.39 is 10.7 Å². The summed E-state index contributed by atoms with van der Waals surface area (Å²) in [5.74, 6) is -0.415. The molecule has 0 aliphatic carbocycles. The van der Waals surface area contributed by atoms with Crippen LogP contribution in [0.25, 0.3) is 0 Å². The molecule has 6 heteroatoms. The highest BCUT2D eigenvalue weighted by Gasteiger charge is 2.07. The Kier molecular flexibility index (Phi) is 4.60. The van der Waals surface area contributed by atoms with Crippen molar-refractivity contribution in [3.8, 4) is 5.75 Å². The lowest BCUT2D eigenvalue weighted by atomic mass is 10.1. The van der Waals surface area contributed by atoms with E-state index in [2.05, 4.69) is 4.98 Å². The minimum absolute atomic E-state index is 0.112. The van der Waals surface area contributed by atoms with Crippen LogP contribution in [0, 0.1) is 15.9 Å². The van der Waals surface area contributed by atoms with Crippen LogP contribution in [0.15, 0.2) is 42.6 Å². The molecular weight excluding hydrogens is 263 g/mol. The summed E-state index contributed by atoms with van der Waals surface area (Å²) < 4.78 is 19.1. The Morgan fingerprint density at radius 2 is 2.15 bits per heavy atom. The summed E-state index contributed by atoms with van der Waals surface area (Å²) in [6.45, 7) is -0.0421. The van der Waals surface area contributed by atoms with Gasteiger partial charge >= 0.3 is 0 Å². The van der Waals surface area contributed by atoms with Crippen molar-refractivity contribution >= 4 is 0 Å². The number of pyridine rings is 1. The summed E-state index contributed by atoms with van der Waals surface area (Å²) in [5.41, 5.74) is 1.27. The van der Waals surface area contributed by atoms with Crippen LogP contribution in [-0.4, -0.2) is 16.5 Å². The maximum absolute atomic E-state index is 13.8. The lowest BCUT2D eigenvalue weighted by molar-refractivity contribution is -0.479. The maximum atomic E-state index is 13.8. The van der Waals surface area contributed by atoms with E-state index in [0.717, 1.165) is 0 Å². The number of aromatic nitrogens is 1. The molecule has 0 amide bonds. The van der Waals surface area contributed by atoms with Crippen LogP contribution in [0.5, 0.6) is 5.75 Å². The first kappa shape index (κ1) is 13.9. The molecule has 2 rings (SSSR count). The average Bonchev–Trinajstić information content (AvgIpc) is 2.45. The van der Waals surface area contributed by atoms with Gasteiger partial charge in [0.15, 0.2) is 11.6 Å². The van der Waals surface area contributed by atoms with Crippen LogP contribution in [0.1, 0.15) is 11.3 Å². The molecule has 1 heterocycles. The Hall–Kier alpha value is -2.50. The third-order valence-corrected chi connectivity index (χ3v) is 2.68. The molecule has 1 aromatic heterocycles. The van der Waals surface area contributed by atoms with Gasteiger partial charge in [0.25, 0.3) is 0 Å². The lowest BCUT2D eigenvalue weighted by Gasteiger charge is -2.07. The highest BCUT2D eigenvalue weighted by Crippen LogP contribution is 2.19. The normalized spacial score (nSPS) is 10.2. The van der Waals surface area contributed by atoms with Gasteiger partial charge < -0.3 is 4.74 Å². The number of nitrogens with zero attached hydrogens (tertiary/aromatic N) is 2. The first-order valence-electron chi connectivity index (χ1n) is 6.08. The molecule has 1 aromatic carbocycles. The first-order chi connectivity index (χ1) is 9.65. The van der Waals surface area contributed by atoms with Crippen LogP contribution < -0.4 is 4.74 Å². The number of benzene rings is 1. The van der Waals surface area contributed by atoms with E-state index in [1.807, 2.05) is 6.07 Å². The van der Waals surface area contributed by atoms with Gasteiger partial charge in [0.1, 0.15) is 6.61 Å². The Balaban J connectivity index is 1.97. The van der Waals surface area contributed by atoms with E-state index in [4.69, 9.17) is 4.74 Å². The van der Waals surface area contributed by atoms with Gasteiger partial charge in [-0.2, -0.15) is 0 Å². The summed E-state index contributed by atoms with van der Waals surface area (Å²) >= 11 is 0. The van der Waals surface area contributed by atoms with E-state index in [-0.39, 0.29) is 25.3 Å². The fourth-order valence-corrected chi connectivity index (χ4v) is 1.67. The van der Waals surface area contributed by atoms with E-state index in [9.17, 15) is 14.5 Å². The molecule has 0 spiro atoms. The van der Waals surface area contributed by atoms with Crippen LogP contribution in [0.4, 0.5) is 4.39 Å². The van der Waals surface area contributed by atoms with Crippen LogP contribution in [0.3, 0.4) is 0 Å². The Morgan fingerprint density at radius 1 is 1.30 bits per heavy atom. The largest absolute Gasteiger partial charge is 0.484 e.